The molecular weight excluding hydrogens is 362 g/mol. The number of nitro benzene ring substituents is 1. The molecular formula is C17H26ClN3O3S. The molecule has 0 bridgehead atoms. The maximum absolute atomic E-state index is 12.4. The number of rotatable bonds is 7. The summed E-state index contributed by atoms with van der Waals surface area (Å²) >= 11 is 1.40. The number of hydrogen-bond acceptors (Lipinski definition) is 5. The molecule has 0 radical (unpaired) electrons. The second-order valence-electron chi connectivity index (χ2n) is 6.26. The van der Waals surface area contributed by atoms with Gasteiger partial charge in [-0.25, -0.2) is 0 Å². The summed E-state index contributed by atoms with van der Waals surface area (Å²) in [5.41, 5.74) is 5.92. The van der Waals surface area contributed by atoms with Gasteiger partial charge in [0, 0.05) is 29.6 Å². The first-order valence-electron chi connectivity index (χ1n) is 8.43. The Morgan fingerprint density at radius 3 is 2.44 bits per heavy atom. The van der Waals surface area contributed by atoms with E-state index in [-0.39, 0.29) is 35.3 Å². The third kappa shape index (κ3) is 6.49. The molecule has 1 amide bonds. The molecule has 1 aromatic rings. The van der Waals surface area contributed by atoms with Crippen LogP contribution >= 0.6 is 24.2 Å². The summed E-state index contributed by atoms with van der Waals surface area (Å²) in [4.78, 5) is 23.5. The standard InChI is InChI=1S/C17H25N3O3S.ClH/c1-12(24-15-9-7-14(8-10-15)20(22)23)17(21)19-16(11-18)13-5-3-2-4-6-13;/h7-10,12-13,16H,2-6,11,18H2,1H3,(H,19,21);1H. The number of carbonyl (C=O) groups excluding carboxylic acids is 1. The maximum atomic E-state index is 12.4. The van der Waals surface area contributed by atoms with Gasteiger partial charge in [-0.05, 0) is 37.8 Å². The summed E-state index contributed by atoms with van der Waals surface area (Å²) in [7, 11) is 0. The van der Waals surface area contributed by atoms with Crippen molar-refractivity contribution in [1.82, 2.24) is 5.32 Å². The maximum Gasteiger partial charge on any atom is 0.269 e. The van der Waals surface area contributed by atoms with Crippen LogP contribution in [-0.2, 0) is 4.79 Å². The highest BCUT2D eigenvalue weighted by molar-refractivity contribution is 8.00. The Hall–Kier alpha value is -1.31. The highest BCUT2D eigenvalue weighted by atomic mass is 35.5. The second kappa shape index (κ2) is 10.6. The fraction of sp³-hybridized carbons (Fsp3) is 0.588. The van der Waals surface area contributed by atoms with Gasteiger partial charge in [-0.3, -0.25) is 14.9 Å². The summed E-state index contributed by atoms with van der Waals surface area (Å²) in [6.45, 7) is 2.31. The Balaban J connectivity index is 0.00000312. The van der Waals surface area contributed by atoms with Crippen LogP contribution in [0.1, 0.15) is 39.0 Å². The largest absolute Gasteiger partial charge is 0.351 e. The van der Waals surface area contributed by atoms with Crippen molar-refractivity contribution in [3.8, 4) is 0 Å². The predicted octanol–water partition coefficient (Wildman–Crippen LogP) is 3.52. The SMILES string of the molecule is CC(Sc1ccc([N+](=O)[O-])cc1)C(=O)NC(CN)C1CCCCC1.Cl. The number of nitro groups is 1. The summed E-state index contributed by atoms with van der Waals surface area (Å²) in [5.74, 6) is 0.448. The predicted molar refractivity (Wildman–Crippen MR) is 103 cm³/mol. The molecule has 0 heterocycles. The van der Waals surface area contributed by atoms with Gasteiger partial charge in [-0.15, -0.1) is 24.2 Å². The number of nitrogens with zero attached hydrogens (tertiary/aromatic N) is 1. The lowest BCUT2D eigenvalue weighted by Crippen LogP contribution is -2.48. The van der Waals surface area contributed by atoms with Crippen molar-refractivity contribution < 1.29 is 9.72 Å². The van der Waals surface area contributed by atoms with E-state index in [1.807, 2.05) is 6.92 Å². The summed E-state index contributed by atoms with van der Waals surface area (Å²) in [6.07, 6.45) is 5.96. The lowest BCUT2D eigenvalue weighted by molar-refractivity contribution is -0.384. The van der Waals surface area contributed by atoms with Gasteiger partial charge >= 0.3 is 0 Å². The van der Waals surface area contributed by atoms with E-state index < -0.39 is 4.92 Å². The Morgan fingerprint density at radius 2 is 1.92 bits per heavy atom. The average molecular weight is 388 g/mol. The first-order chi connectivity index (χ1) is 11.5. The summed E-state index contributed by atoms with van der Waals surface area (Å²) in [5, 5.41) is 13.5. The van der Waals surface area contributed by atoms with Crippen molar-refractivity contribution in [3.63, 3.8) is 0 Å². The van der Waals surface area contributed by atoms with Crippen molar-refractivity contribution in [2.45, 2.75) is 55.2 Å². The van der Waals surface area contributed by atoms with E-state index in [9.17, 15) is 14.9 Å². The molecule has 1 saturated carbocycles. The van der Waals surface area contributed by atoms with E-state index >= 15 is 0 Å². The highest BCUT2D eigenvalue weighted by Crippen LogP contribution is 2.28. The molecule has 8 heteroatoms. The van der Waals surface area contributed by atoms with Crippen LogP contribution in [-0.4, -0.2) is 28.7 Å². The first-order valence-corrected chi connectivity index (χ1v) is 9.30. The molecule has 2 rings (SSSR count). The molecule has 2 atom stereocenters. The number of hydrogen-bond donors (Lipinski definition) is 2. The summed E-state index contributed by atoms with van der Waals surface area (Å²) < 4.78 is 0. The molecule has 0 saturated heterocycles. The first kappa shape index (κ1) is 21.7. The number of carbonyl (C=O) groups is 1. The molecule has 1 fully saturated rings. The van der Waals surface area contributed by atoms with Gasteiger partial charge in [0.1, 0.15) is 0 Å². The van der Waals surface area contributed by atoms with Gasteiger partial charge in [0.25, 0.3) is 5.69 Å². The molecule has 140 valence electrons. The highest BCUT2D eigenvalue weighted by Gasteiger charge is 2.26. The molecule has 25 heavy (non-hydrogen) atoms. The Kier molecular flexibility index (Phi) is 9.24. The number of non-ortho nitro benzene ring substituents is 1. The fourth-order valence-electron chi connectivity index (χ4n) is 3.11. The van der Waals surface area contributed by atoms with Crippen molar-refractivity contribution >= 4 is 35.8 Å². The third-order valence-corrected chi connectivity index (χ3v) is 5.64. The smallest absolute Gasteiger partial charge is 0.269 e. The van der Waals surface area contributed by atoms with Gasteiger partial charge in [-0.1, -0.05) is 19.3 Å². The van der Waals surface area contributed by atoms with Crippen molar-refractivity contribution in [2.75, 3.05) is 6.54 Å². The van der Waals surface area contributed by atoms with Crippen LogP contribution in [0.3, 0.4) is 0 Å². The van der Waals surface area contributed by atoms with E-state index in [0.29, 0.717) is 12.5 Å². The van der Waals surface area contributed by atoms with Crippen LogP contribution in [0.5, 0.6) is 0 Å². The van der Waals surface area contributed by atoms with E-state index in [0.717, 1.165) is 17.7 Å². The molecule has 0 aromatic heterocycles. The minimum absolute atomic E-state index is 0. The van der Waals surface area contributed by atoms with Gasteiger partial charge in [0.15, 0.2) is 0 Å². The minimum atomic E-state index is -0.430. The molecule has 1 aromatic carbocycles. The molecule has 0 spiro atoms. The zero-order valence-corrected chi connectivity index (χ0v) is 16.0. The van der Waals surface area contributed by atoms with Crippen LogP contribution in [0, 0.1) is 16.0 Å². The Morgan fingerprint density at radius 1 is 1.32 bits per heavy atom. The normalized spacial score (nSPS) is 17.2. The van der Waals surface area contributed by atoms with Crippen LogP contribution in [0.4, 0.5) is 5.69 Å². The van der Waals surface area contributed by atoms with Crippen molar-refractivity contribution in [2.24, 2.45) is 11.7 Å². The molecule has 2 unspecified atom stereocenters. The average Bonchev–Trinajstić information content (AvgIpc) is 2.60. The van der Waals surface area contributed by atoms with Gasteiger partial charge < -0.3 is 11.1 Å². The third-order valence-electron chi connectivity index (χ3n) is 4.53. The molecule has 0 aliphatic heterocycles. The minimum Gasteiger partial charge on any atom is -0.351 e. The molecule has 6 nitrogen and oxygen atoms in total. The number of halogens is 1. The van der Waals surface area contributed by atoms with Gasteiger partial charge in [0.2, 0.25) is 5.91 Å². The van der Waals surface area contributed by atoms with E-state index in [1.54, 1.807) is 12.1 Å². The van der Waals surface area contributed by atoms with Gasteiger partial charge in [0.05, 0.1) is 10.2 Å². The zero-order valence-electron chi connectivity index (χ0n) is 14.3. The lowest BCUT2D eigenvalue weighted by atomic mass is 9.84. The van der Waals surface area contributed by atoms with Gasteiger partial charge in [-0.2, -0.15) is 0 Å². The topological polar surface area (TPSA) is 98.3 Å². The van der Waals surface area contributed by atoms with Crippen LogP contribution in [0.15, 0.2) is 29.2 Å². The number of amides is 1. The number of nitrogens with one attached hydrogen (secondary N) is 1. The van der Waals surface area contributed by atoms with E-state index in [2.05, 4.69) is 5.32 Å². The molecule has 1 aliphatic carbocycles. The number of benzene rings is 1. The summed E-state index contributed by atoms with van der Waals surface area (Å²) in [6, 6.07) is 6.30. The van der Waals surface area contributed by atoms with Crippen LogP contribution in [0.2, 0.25) is 0 Å². The lowest BCUT2D eigenvalue weighted by Gasteiger charge is -2.30. The van der Waals surface area contributed by atoms with Crippen molar-refractivity contribution in [1.29, 1.82) is 0 Å². The monoisotopic (exact) mass is 387 g/mol. The van der Waals surface area contributed by atoms with E-state index in [1.165, 1.54) is 43.2 Å². The fourth-order valence-corrected chi connectivity index (χ4v) is 3.99. The number of thioether (sulfide) groups is 1. The second-order valence-corrected chi connectivity index (χ2v) is 7.67. The van der Waals surface area contributed by atoms with E-state index in [4.69, 9.17) is 5.73 Å². The van der Waals surface area contributed by atoms with Crippen LogP contribution in [0.25, 0.3) is 0 Å². The Labute approximate surface area is 158 Å². The van der Waals surface area contributed by atoms with Crippen molar-refractivity contribution in [3.05, 3.63) is 34.4 Å². The quantitative estimate of drug-likeness (QED) is 0.423. The number of nitrogens with two attached hydrogens (primary N) is 1. The zero-order chi connectivity index (χ0) is 17.5. The molecule has 1 aliphatic rings. The van der Waals surface area contributed by atoms with Crippen LogP contribution < -0.4 is 11.1 Å². The molecule has 3 N–H and O–H groups in total. The Bertz CT molecular complexity index is 565.